The van der Waals surface area contributed by atoms with Crippen LogP contribution in [0.1, 0.15) is 16.1 Å². The van der Waals surface area contributed by atoms with E-state index in [0.717, 1.165) is 0 Å². The molecule has 0 bridgehead atoms. The van der Waals surface area contributed by atoms with Gasteiger partial charge in [-0.15, -0.1) is 0 Å². The molecule has 0 unspecified atom stereocenters. The quantitative estimate of drug-likeness (QED) is 0.643. The summed E-state index contributed by atoms with van der Waals surface area (Å²) in [7, 11) is -3.69. The number of sulfonamides is 1. The number of halogens is 1. The van der Waals surface area contributed by atoms with Gasteiger partial charge in [-0.05, 0) is 52.7 Å². The molecule has 0 radical (unpaired) electrons. The molecule has 0 spiro atoms. The maximum atomic E-state index is 12.9. The van der Waals surface area contributed by atoms with Gasteiger partial charge in [-0.25, -0.2) is 8.42 Å². The van der Waals surface area contributed by atoms with Crippen LogP contribution >= 0.6 is 15.9 Å². The number of benzene rings is 1. The van der Waals surface area contributed by atoms with Gasteiger partial charge in [-0.3, -0.25) is 9.59 Å². The molecule has 156 valence electrons. The summed E-state index contributed by atoms with van der Waals surface area (Å²) >= 11 is 3.10. The highest BCUT2D eigenvalue weighted by atomic mass is 79.9. The maximum absolute atomic E-state index is 12.9. The Morgan fingerprint density at radius 3 is 2.55 bits per heavy atom. The van der Waals surface area contributed by atoms with Crippen LogP contribution in [-0.2, 0) is 19.6 Å². The van der Waals surface area contributed by atoms with Gasteiger partial charge in [0.15, 0.2) is 10.4 Å². The molecule has 2 heterocycles. The lowest BCUT2D eigenvalue weighted by atomic mass is 10.2. The second-order valence-electron chi connectivity index (χ2n) is 6.33. The largest absolute Gasteiger partial charge is 0.444 e. The predicted molar refractivity (Wildman–Crippen MR) is 108 cm³/mol. The second-order valence-corrected chi connectivity index (χ2v) is 9.02. The second kappa shape index (κ2) is 9.08. The summed E-state index contributed by atoms with van der Waals surface area (Å²) in [5, 5.41) is 5.03. The van der Waals surface area contributed by atoms with Crippen molar-refractivity contribution < 1.29 is 27.2 Å². The summed E-state index contributed by atoms with van der Waals surface area (Å²) in [4.78, 5) is 24.2. The van der Waals surface area contributed by atoms with Gasteiger partial charge in [0.1, 0.15) is 0 Å². The van der Waals surface area contributed by atoms with Gasteiger partial charge in [0.2, 0.25) is 15.9 Å². The Kier molecular flexibility index (Phi) is 6.73. The van der Waals surface area contributed by atoms with Crippen LogP contribution in [0.2, 0.25) is 0 Å². The lowest BCUT2D eigenvalue weighted by Gasteiger charge is -2.26. The van der Waals surface area contributed by atoms with E-state index in [1.165, 1.54) is 16.4 Å². The van der Waals surface area contributed by atoms with Gasteiger partial charge in [0, 0.05) is 18.8 Å². The molecular weight excluding hydrogens is 466 g/mol. The van der Waals surface area contributed by atoms with E-state index >= 15 is 0 Å². The Morgan fingerprint density at radius 2 is 1.90 bits per heavy atom. The molecule has 1 aromatic carbocycles. The number of rotatable bonds is 6. The number of morpholine rings is 1. The van der Waals surface area contributed by atoms with Crippen molar-refractivity contribution in [1.82, 2.24) is 9.62 Å². The molecule has 0 atom stereocenters. The van der Waals surface area contributed by atoms with Crippen molar-refractivity contribution in [3.63, 3.8) is 0 Å². The number of carbonyl (C=O) groups is 2. The van der Waals surface area contributed by atoms with Crippen molar-refractivity contribution >= 4 is 43.5 Å². The molecule has 1 fully saturated rings. The van der Waals surface area contributed by atoms with E-state index in [4.69, 9.17) is 9.15 Å². The molecule has 0 saturated carbocycles. The van der Waals surface area contributed by atoms with Crippen LogP contribution in [-0.4, -0.2) is 57.4 Å². The standard InChI is InChI=1S/C18H20BrN3O6S/c1-12-2-3-13(10-15(12)29(25,26)22-6-8-27-9-7-22)21-17(23)11-20-18(24)14-4-5-16(19)28-14/h2-5,10H,6-9,11H2,1H3,(H,20,24)(H,21,23). The van der Waals surface area contributed by atoms with Gasteiger partial charge < -0.3 is 19.8 Å². The number of aryl methyl sites for hydroxylation is 1. The Balaban J connectivity index is 1.66. The van der Waals surface area contributed by atoms with E-state index in [1.807, 2.05) is 0 Å². The first-order valence-corrected chi connectivity index (χ1v) is 11.0. The first-order valence-electron chi connectivity index (χ1n) is 8.79. The lowest BCUT2D eigenvalue weighted by Crippen LogP contribution is -2.40. The highest BCUT2D eigenvalue weighted by Crippen LogP contribution is 2.24. The van der Waals surface area contributed by atoms with Gasteiger partial charge in [0.25, 0.3) is 5.91 Å². The minimum atomic E-state index is -3.69. The monoisotopic (exact) mass is 485 g/mol. The van der Waals surface area contributed by atoms with Crippen molar-refractivity contribution in [2.24, 2.45) is 0 Å². The average Bonchev–Trinajstić information content (AvgIpc) is 3.14. The summed E-state index contributed by atoms with van der Waals surface area (Å²) in [5.74, 6) is -0.966. The first kappa shape index (κ1) is 21.5. The zero-order valence-electron chi connectivity index (χ0n) is 15.6. The van der Waals surface area contributed by atoms with Gasteiger partial charge >= 0.3 is 0 Å². The molecule has 3 rings (SSSR count). The minimum absolute atomic E-state index is 0.0684. The number of amides is 2. The van der Waals surface area contributed by atoms with Crippen LogP contribution < -0.4 is 10.6 Å². The Labute approximate surface area is 176 Å². The van der Waals surface area contributed by atoms with Crippen LogP contribution in [0, 0.1) is 6.92 Å². The van der Waals surface area contributed by atoms with Crippen molar-refractivity contribution in [1.29, 1.82) is 0 Å². The van der Waals surface area contributed by atoms with Crippen molar-refractivity contribution in [3.8, 4) is 0 Å². The van der Waals surface area contributed by atoms with E-state index < -0.39 is 21.8 Å². The lowest BCUT2D eigenvalue weighted by molar-refractivity contribution is -0.115. The molecule has 11 heteroatoms. The van der Waals surface area contributed by atoms with Crippen LogP contribution in [0.4, 0.5) is 5.69 Å². The molecule has 1 aromatic heterocycles. The Bertz CT molecular complexity index is 1010. The third-order valence-electron chi connectivity index (χ3n) is 4.27. The number of ether oxygens (including phenoxy) is 1. The highest BCUT2D eigenvalue weighted by molar-refractivity contribution is 9.10. The van der Waals surface area contributed by atoms with Gasteiger partial charge in [-0.1, -0.05) is 6.07 Å². The van der Waals surface area contributed by atoms with Gasteiger partial charge in [-0.2, -0.15) is 4.31 Å². The van der Waals surface area contributed by atoms with E-state index in [0.29, 0.717) is 29.1 Å². The fourth-order valence-corrected chi connectivity index (χ4v) is 4.74. The number of nitrogens with zero attached hydrogens (tertiary/aromatic N) is 1. The molecule has 9 nitrogen and oxygen atoms in total. The third kappa shape index (κ3) is 5.24. The fraction of sp³-hybridized carbons (Fsp3) is 0.333. The highest BCUT2D eigenvalue weighted by Gasteiger charge is 2.28. The molecule has 29 heavy (non-hydrogen) atoms. The third-order valence-corrected chi connectivity index (χ3v) is 6.73. The van der Waals surface area contributed by atoms with Crippen molar-refractivity contribution in [2.45, 2.75) is 11.8 Å². The number of furan rings is 1. The van der Waals surface area contributed by atoms with Gasteiger partial charge in [0.05, 0.1) is 24.7 Å². The van der Waals surface area contributed by atoms with Crippen LogP contribution in [0.5, 0.6) is 0 Å². The summed E-state index contributed by atoms with van der Waals surface area (Å²) in [5.41, 5.74) is 0.897. The summed E-state index contributed by atoms with van der Waals surface area (Å²) < 4.78 is 37.9. The van der Waals surface area contributed by atoms with Crippen LogP contribution in [0.15, 0.2) is 44.3 Å². The zero-order valence-corrected chi connectivity index (χ0v) is 18.0. The maximum Gasteiger partial charge on any atom is 0.287 e. The molecule has 0 aliphatic carbocycles. The minimum Gasteiger partial charge on any atom is -0.444 e. The smallest absolute Gasteiger partial charge is 0.287 e. The summed E-state index contributed by atoms with van der Waals surface area (Å²) in [6.07, 6.45) is 0. The number of nitrogens with one attached hydrogen (secondary N) is 2. The summed E-state index contributed by atoms with van der Waals surface area (Å²) in [6.45, 7) is 2.67. The average molecular weight is 486 g/mol. The molecule has 1 saturated heterocycles. The van der Waals surface area contributed by atoms with E-state index in [1.54, 1.807) is 25.1 Å². The van der Waals surface area contributed by atoms with Crippen molar-refractivity contribution in [2.75, 3.05) is 38.2 Å². The molecule has 1 aliphatic heterocycles. The Hall–Kier alpha value is -2.21. The fourth-order valence-electron chi connectivity index (χ4n) is 2.77. The van der Waals surface area contributed by atoms with E-state index in [9.17, 15) is 18.0 Å². The van der Waals surface area contributed by atoms with Crippen molar-refractivity contribution in [3.05, 3.63) is 46.3 Å². The first-order chi connectivity index (χ1) is 13.8. The van der Waals surface area contributed by atoms with Crippen LogP contribution in [0.25, 0.3) is 0 Å². The molecule has 2 aromatic rings. The normalized spacial score (nSPS) is 15.1. The molecule has 1 aliphatic rings. The Morgan fingerprint density at radius 1 is 1.17 bits per heavy atom. The zero-order chi connectivity index (χ0) is 21.0. The number of carbonyl (C=O) groups excluding carboxylic acids is 2. The predicted octanol–water partition coefficient (Wildman–Crippen LogP) is 1.74. The molecule has 2 N–H and O–H groups in total. The van der Waals surface area contributed by atoms with E-state index in [-0.39, 0.29) is 30.3 Å². The SMILES string of the molecule is Cc1ccc(NC(=O)CNC(=O)c2ccc(Br)o2)cc1S(=O)(=O)N1CCOCC1. The summed E-state index contributed by atoms with van der Waals surface area (Å²) in [6, 6.07) is 7.69. The number of anilines is 1. The topological polar surface area (TPSA) is 118 Å². The van der Waals surface area contributed by atoms with E-state index in [2.05, 4.69) is 26.6 Å². The number of hydrogen-bond donors (Lipinski definition) is 2. The molecular formula is C18H20BrN3O6S. The number of hydrogen-bond acceptors (Lipinski definition) is 6. The molecule has 2 amide bonds. The van der Waals surface area contributed by atoms with Crippen LogP contribution in [0.3, 0.4) is 0 Å².